The van der Waals surface area contributed by atoms with Crippen molar-refractivity contribution < 1.29 is 9.31 Å². The van der Waals surface area contributed by atoms with E-state index in [4.69, 9.17) is 0 Å². The summed E-state index contributed by atoms with van der Waals surface area (Å²) < 4.78 is 13.1. The molecule has 0 atom stereocenters. The zero-order valence-electron chi connectivity index (χ0n) is 8.59. The summed E-state index contributed by atoms with van der Waals surface area (Å²) in [7, 11) is 0. The third-order valence-electron chi connectivity index (χ3n) is 2.02. The van der Waals surface area contributed by atoms with Gasteiger partial charge in [-0.25, -0.2) is 9.37 Å². The van der Waals surface area contributed by atoms with E-state index in [0.717, 1.165) is 11.1 Å². The summed E-state index contributed by atoms with van der Waals surface area (Å²) >= 11 is 1.46. The minimum absolute atomic E-state index is 0.272. The van der Waals surface area contributed by atoms with Gasteiger partial charge in [-0.05, 0) is 6.07 Å². The van der Waals surface area contributed by atoms with Gasteiger partial charge in [0.2, 0.25) is 0 Å². The molecule has 0 aliphatic heterocycles. The van der Waals surface area contributed by atoms with Gasteiger partial charge in [-0.1, -0.05) is 0 Å². The number of nitro groups is 1. The average molecular weight is 253 g/mol. The number of halogens is 1. The van der Waals surface area contributed by atoms with Crippen LogP contribution in [0.2, 0.25) is 0 Å². The highest BCUT2D eigenvalue weighted by Gasteiger charge is 2.09. The highest BCUT2D eigenvalue weighted by molar-refractivity contribution is 7.09. The Hall–Kier alpha value is -2.02. The van der Waals surface area contributed by atoms with Crippen LogP contribution in [0.15, 0.2) is 29.8 Å². The second-order valence-corrected chi connectivity index (χ2v) is 4.21. The Labute approximate surface area is 100 Å². The van der Waals surface area contributed by atoms with E-state index < -0.39 is 10.7 Å². The minimum atomic E-state index is -0.638. The molecule has 88 valence electrons. The Morgan fingerprint density at radius 1 is 1.47 bits per heavy atom. The third kappa shape index (κ3) is 2.97. The fourth-order valence-corrected chi connectivity index (χ4v) is 1.86. The number of non-ortho nitro benzene ring substituents is 1. The SMILES string of the molecule is O=[N+]([O-])c1cc(F)cc(NCc2nccs2)c1. The summed E-state index contributed by atoms with van der Waals surface area (Å²) in [4.78, 5) is 14.0. The van der Waals surface area contributed by atoms with Gasteiger partial charge >= 0.3 is 0 Å². The quantitative estimate of drug-likeness (QED) is 0.672. The van der Waals surface area contributed by atoms with Gasteiger partial charge in [0, 0.05) is 23.3 Å². The smallest absolute Gasteiger partial charge is 0.274 e. The van der Waals surface area contributed by atoms with Crippen molar-refractivity contribution in [1.82, 2.24) is 4.98 Å². The van der Waals surface area contributed by atoms with E-state index in [1.807, 2.05) is 5.38 Å². The lowest BCUT2D eigenvalue weighted by atomic mass is 10.2. The average Bonchev–Trinajstić information content (AvgIpc) is 2.78. The molecular formula is C10H8FN3O2S. The third-order valence-corrected chi connectivity index (χ3v) is 2.80. The molecule has 0 amide bonds. The monoisotopic (exact) mass is 253 g/mol. The summed E-state index contributed by atoms with van der Waals surface area (Å²) in [6.07, 6.45) is 1.66. The maximum Gasteiger partial charge on any atom is 0.274 e. The Balaban J connectivity index is 2.13. The first-order valence-corrected chi connectivity index (χ1v) is 5.60. The second kappa shape index (κ2) is 4.88. The Morgan fingerprint density at radius 3 is 2.94 bits per heavy atom. The molecule has 0 saturated heterocycles. The van der Waals surface area contributed by atoms with Gasteiger partial charge in [-0.15, -0.1) is 11.3 Å². The van der Waals surface area contributed by atoms with Crippen LogP contribution in [0.25, 0.3) is 0 Å². The van der Waals surface area contributed by atoms with Crippen molar-refractivity contribution in [3.8, 4) is 0 Å². The molecule has 0 saturated carbocycles. The molecule has 1 aromatic carbocycles. The molecule has 1 N–H and O–H groups in total. The highest BCUT2D eigenvalue weighted by atomic mass is 32.1. The number of rotatable bonds is 4. The van der Waals surface area contributed by atoms with E-state index in [1.54, 1.807) is 6.20 Å². The first kappa shape index (κ1) is 11.5. The second-order valence-electron chi connectivity index (χ2n) is 3.23. The molecule has 0 radical (unpaired) electrons. The van der Waals surface area contributed by atoms with Crippen LogP contribution in [0.3, 0.4) is 0 Å². The number of nitrogens with zero attached hydrogens (tertiary/aromatic N) is 2. The van der Waals surface area contributed by atoms with Crippen molar-refractivity contribution in [3.05, 3.63) is 50.7 Å². The van der Waals surface area contributed by atoms with Crippen LogP contribution in [0, 0.1) is 15.9 Å². The standard InChI is InChI=1S/C10H8FN3O2S/c11-7-3-8(5-9(4-7)14(15)16)13-6-10-12-1-2-17-10/h1-5,13H,6H2. The molecule has 2 aromatic rings. The number of benzene rings is 1. The molecule has 0 bridgehead atoms. The van der Waals surface area contributed by atoms with Crippen molar-refractivity contribution >= 4 is 22.7 Å². The summed E-state index contributed by atoms with van der Waals surface area (Å²) in [6, 6.07) is 3.38. The molecule has 0 fully saturated rings. The lowest BCUT2D eigenvalue weighted by Gasteiger charge is -2.04. The number of nitrogens with one attached hydrogen (secondary N) is 1. The number of nitro benzene ring substituents is 1. The summed E-state index contributed by atoms with van der Waals surface area (Å²) in [5.74, 6) is -0.638. The zero-order valence-corrected chi connectivity index (χ0v) is 9.41. The van der Waals surface area contributed by atoms with Crippen molar-refractivity contribution in [3.63, 3.8) is 0 Å². The highest BCUT2D eigenvalue weighted by Crippen LogP contribution is 2.20. The van der Waals surface area contributed by atoms with Crippen LogP contribution >= 0.6 is 11.3 Å². The van der Waals surface area contributed by atoms with Gasteiger partial charge in [-0.3, -0.25) is 10.1 Å². The Kier molecular flexibility index (Phi) is 3.29. The van der Waals surface area contributed by atoms with Gasteiger partial charge in [0.25, 0.3) is 5.69 Å². The topological polar surface area (TPSA) is 68.1 Å². The van der Waals surface area contributed by atoms with Gasteiger partial charge < -0.3 is 5.32 Å². The number of hydrogen-bond acceptors (Lipinski definition) is 5. The molecule has 2 rings (SSSR count). The number of hydrogen-bond donors (Lipinski definition) is 1. The van der Waals surface area contributed by atoms with Gasteiger partial charge in [0.15, 0.2) is 0 Å². The summed E-state index contributed by atoms with van der Waals surface area (Å²) in [5, 5.41) is 16.1. The maximum absolute atomic E-state index is 13.1. The van der Waals surface area contributed by atoms with Gasteiger partial charge in [-0.2, -0.15) is 0 Å². The van der Waals surface area contributed by atoms with Crippen molar-refractivity contribution in [2.45, 2.75) is 6.54 Å². The maximum atomic E-state index is 13.1. The van der Waals surface area contributed by atoms with Crippen LogP contribution in [-0.4, -0.2) is 9.91 Å². The van der Waals surface area contributed by atoms with Crippen molar-refractivity contribution in [2.75, 3.05) is 5.32 Å². The van der Waals surface area contributed by atoms with E-state index in [0.29, 0.717) is 12.2 Å². The fraction of sp³-hybridized carbons (Fsp3) is 0.100. The van der Waals surface area contributed by atoms with E-state index in [-0.39, 0.29) is 5.69 Å². The van der Waals surface area contributed by atoms with Gasteiger partial charge in [0.1, 0.15) is 10.8 Å². The van der Waals surface area contributed by atoms with E-state index >= 15 is 0 Å². The predicted molar refractivity (Wildman–Crippen MR) is 62.5 cm³/mol. The van der Waals surface area contributed by atoms with E-state index in [9.17, 15) is 14.5 Å². The van der Waals surface area contributed by atoms with E-state index in [1.165, 1.54) is 23.5 Å². The molecule has 1 aromatic heterocycles. The molecule has 0 unspecified atom stereocenters. The van der Waals surface area contributed by atoms with Crippen LogP contribution in [-0.2, 0) is 6.54 Å². The minimum Gasteiger partial charge on any atom is -0.378 e. The molecular weight excluding hydrogens is 245 g/mol. The van der Waals surface area contributed by atoms with Crippen LogP contribution in [0.1, 0.15) is 5.01 Å². The fourth-order valence-electron chi connectivity index (χ4n) is 1.30. The van der Waals surface area contributed by atoms with Crippen molar-refractivity contribution in [1.29, 1.82) is 0 Å². The lowest BCUT2D eigenvalue weighted by molar-refractivity contribution is -0.385. The molecule has 1 heterocycles. The summed E-state index contributed by atoms with van der Waals surface area (Å²) in [6.45, 7) is 0.415. The zero-order chi connectivity index (χ0) is 12.3. The molecule has 7 heteroatoms. The molecule has 0 spiro atoms. The molecule has 5 nitrogen and oxygen atoms in total. The van der Waals surface area contributed by atoms with Crippen LogP contribution in [0.4, 0.5) is 15.8 Å². The van der Waals surface area contributed by atoms with Gasteiger partial charge in [0.05, 0.1) is 17.5 Å². The number of thiazole rings is 1. The lowest BCUT2D eigenvalue weighted by Crippen LogP contribution is -2.00. The molecule has 17 heavy (non-hydrogen) atoms. The Bertz CT molecular complexity index is 530. The van der Waals surface area contributed by atoms with E-state index in [2.05, 4.69) is 10.3 Å². The summed E-state index contributed by atoms with van der Waals surface area (Å²) in [5.41, 5.74) is 0.0959. The predicted octanol–water partition coefficient (Wildman–Crippen LogP) is 2.80. The van der Waals surface area contributed by atoms with Crippen LogP contribution < -0.4 is 5.32 Å². The van der Waals surface area contributed by atoms with Crippen molar-refractivity contribution in [2.24, 2.45) is 0 Å². The number of anilines is 1. The first-order valence-electron chi connectivity index (χ1n) is 4.72. The molecule has 0 aliphatic carbocycles. The number of aromatic nitrogens is 1. The first-order chi connectivity index (χ1) is 8.15. The normalized spacial score (nSPS) is 10.2. The Morgan fingerprint density at radius 2 is 2.29 bits per heavy atom. The largest absolute Gasteiger partial charge is 0.378 e. The van der Waals surface area contributed by atoms with Crippen LogP contribution in [0.5, 0.6) is 0 Å². The molecule has 0 aliphatic rings.